The predicted octanol–water partition coefficient (Wildman–Crippen LogP) is 7.23. The summed E-state index contributed by atoms with van der Waals surface area (Å²) in [5.74, 6) is 0.656. The van der Waals surface area contributed by atoms with E-state index in [1.54, 1.807) is 54.6 Å². The van der Waals surface area contributed by atoms with Crippen LogP contribution in [0.15, 0.2) is 99.0 Å². The van der Waals surface area contributed by atoms with Crippen molar-refractivity contribution < 1.29 is 23.8 Å². The monoisotopic (exact) mass is 699 g/mol. The first-order valence-corrected chi connectivity index (χ1v) is 14.1. The van der Waals surface area contributed by atoms with E-state index in [4.69, 9.17) is 25.8 Å². The number of halogens is 3. The van der Waals surface area contributed by atoms with E-state index in [-0.39, 0.29) is 12.5 Å². The average Bonchev–Trinajstić information content (AvgIpc) is 2.97. The number of ether oxygens (including phenoxy) is 3. The van der Waals surface area contributed by atoms with Crippen LogP contribution in [0.4, 0.5) is 5.69 Å². The fourth-order valence-corrected chi connectivity index (χ4v) is 5.13. The van der Waals surface area contributed by atoms with Crippen molar-refractivity contribution in [3.8, 4) is 17.2 Å². The first kappa shape index (κ1) is 30.1. The molecule has 0 aliphatic carbocycles. The van der Waals surface area contributed by atoms with Crippen LogP contribution in [0.2, 0.25) is 5.02 Å². The van der Waals surface area contributed by atoms with Crippen molar-refractivity contribution in [2.24, 2.45) is 5.10 Å². The van der Waals surface area contributed by atoms with E-state index >= 15 is 0 Å². The third-order valence-corrected chi connectivity index (χ3v) is 6.97. The Morgan fingerprint density at radius 2 is 1.61 bits per heavy atom. The summed E-state index contributed by atoms with van der Waals surface area (Å²) in [5.41, 5.74) is 5.16. The van der Waals surface area contributed by atoms with Crippen LogP contribution in [0.1, 0.15) is 21.5 Å². The number of nitrogens with one attached hydrogen (secondary N) is 2. The molecule has 0 aliphatic heterocycles. The average molecular weight is 702 g/mol. The molecule has 0 saturated carbocycles. The summed E-state index contributed by atoms with van der Waals surface area (Å²) in [5, 5.41) is 7.37. The second kappa shape index (κ2) is 14.7. The van der Waals surface area contributed by atoms with Crippen molar-refractivity contribution in [3.05, 3.63) is 116 Å². The number of hydrazone groups is 1. The Hall–Kier alpha value is -3.86. The SMILES string of the molecule is COc1cc(C(=O)N/N=C/c2cc(Br)c(OCC(=O)Nc3ccc(Cl)cc3)c(Br)c2)ccc1OCc1ccccc1. The Morgan fingerprint density at radius 1 is 0.902 bits per heavy atom. The number of anilines is 1. The molecule has 4 aromatic rings. The van der Waals surface area contributed by atoms with Gasteiger partial charge in [-0.25, -0.2) is 5.43 Å². The summed E-state index contributed by atoms with van der Waals surface area (Å²) in [4.78, 5) is 24.9. The normalized spacial score (nSPS) is 10.7. The van der Waals surface area contributed by atoms with Gasteiger partial charge in [0.2, 0.25) is 0 Å². The van der Waals surface area contributed by atoms with Crippen LogP contribution in [0.25, 0.3) is 0 Å². The molecule has 0 bridgehead atoms. The van der Waals surface area contributed by atoms with Gasteiger partial charge in [0, 0.05) is 16.3 Å². The van der Waals surface area contributed by atoms with Crippen molar-refractivity contribution in [1.29, 1.82) is 0 Å². The minimum Gasteiger partial charge on any atom is -0.493 e. The van der Waals surface area contributed by atoms with E-state index < -0.39 is 5.91 Å². The molecule has 0 aliphatic rings. The zero-order chi connectivity index (χ0) is 29.2. The van der Waals surface area contributed by atoms with Crippen LogP contribution in [-0.4, -0.2) is 31.7 Å². The number of carbonyl (C=O) groups is 2. The topological polar surface area (TPSA) is 98.3 Å². The number of nitrogens with zero attached hydrogens (tertiary/aromatic N) is 1. The highest BCUT2D eigenvalue weighted by atomic mass is 79.9. The number of rotatable bonds is 11. The van der Waals surface area contributed by atoms with Crippen LogP contribution in [0.3, 0.4) is 0 Å². The highest BCUT2D eigenvalue weighted by molar-refractivity contribution is 9.11. The molecule has 4 aromatic carbocycles. The third-order valence-electron chi connectivity index (χ3n) is 5.54. The fraction of sp³-hybridized carbons (Fsp3) is 0.100. The van der Waals surface area contributed by atoms with Crippen LogP contribution in [0.5, 0.6) is 17.2 Å². The Kier molecular flexibility index (Phi) is 10.8. The van der Waals surface area contributed by atoms with E-state index in [9.17, 15) is 9.59 Å². The molecule has 0 aromatic heterocycles. The molecule has 0 heterocycles. The van der Waals surface area contributed by atoms with Crippen LogP contribution in [-0.2, 0) is 11.4 Å². The minimum atomic E-state index is -0.418. The van der Waals surface area contributed by atoms with Crippen molar-refractivity contribution in [2.45, 2.75) is 6.61 Å². The lowest BCUT2D eigenvalue weighted by Gasteiger charge is -2.12. The van der Waals surface area contributed by atoms with E-state index in [0.717, 1.165) is 5.56 Å². The smallest absolute Gasteiger partial charge is 0.271 e. The number of carbonyl (C=O) groups excluding carboxylic acids is 2. The van der Waals surface area contributed by atoms with Gasteiger partial charge in [0.1, 0.15) is 12.4 Å². The zero-order valence-electron chi connectivity index (χ0n) is 21.7. The first-order chi connectivity index (χ1) is 19.8. The van der Waals surface area contributed by atoms with Gasteiger partial charge in [-0.2, -0.15) is 5.10 Å². The van der Waals surface area contributed by atoms with Gasteiger partial charge in [-0.1, -0.05) is 41.9 Å². The molecule has 4 rings (SSSR count). The van der Waals surface area contributed by atoms with Crippen molar-refractivity contribution in [2.75, 3.05) is 19.0 Å². The minimum absolute atomic E-state index is 0.205. The lowest BCUT2D eigenvalue weighted by Crippen LogP contribution is -2.20. The largest absolute Gasteiger partial charge is 0.493 e. The Morgan fingerprint density at radius 3 is 2.29 bits per heavy atom. The maximum absolute atomic E-state index is 12.7. The van der Waals surface area contributed by atoms with Crippen LogP contribution < -0.4 is 25.0 Å². The van der Waals surface area contributed by atoms with E-state index in [1.807, 2.05) is 30.3 Å². The van der Waals surface area contributed by atoms with Crippen molar-refractivity contribution in [1.82, 2.24) is 5.43 Å². The molecule has 2 amide bonds. The molecule has 0 fully saturated rings. The van der Waals surface area contributed by atoms with Gasteiger partial charge in [0.15, 0.2) is 18.1 Å². The van der Waals surface area contributed by atoms with Crippen LogP contribution >= 0.6 is 43.5 Å². The van der Waals surface area contributed by atoms with Crippen molar-refractivity contribution in [3.63, 3.8) is 0 Å². The highest BCUT2D eigenvalue weighted by Crippen LogP contribution is 2.34. The van der Waals surface area contributed by atoms with Gasteiger partial charge in [-0.3, -0.25) is 9.59 Å². The Balaban J connectivity index is 1.32. The highest BCUT2D eigenvalue weighted by Gasteiger charge is 2.13. The zero-order valence-corrected chi connectivity index (χ0v) is 25.6. The maximum Gasteiger partial charge on any atom is 0.271 e. The van der Waals surface area contributed by atoms with Gasteiger partial charge in [0.05, 0.1) is 22.3 Å². The summed E-state index contributed by atoms with van der Waals surface area (Å²) in [6.07, 6.45) is 1.49. The van der Waals surface area contributed by atoms with Gasteiger partial charge in [-0.05, 0) is 97.6 Å². The molecule has 0 saturated heterocycles. The molecule has 8 nitrogen and oxygen atoms in total. The third kappa shape index (κ3) is 8.81. The Labute approximate surface area is 258 Å². The van der Waals surface area contributed by atoms with E-state index in [0.29, 0.717) is 54.6 Å². The predicted molar refractivity (Wildman–Crippen MR) is 166 cm³/mol. The lowest BCUT2D eigenvalue weighted by atomic mass is 10.2. The second-order valence-electron chi connectivity index (χ2n) is 8.50. The molecule has 210 valence electrons. The molecule has 0 spiro atoms. The van der Waals surface area contributed by atoms with E-state index in [1.165, 1.54) is 13.3 Å². The van der Waals surface area contributed by atoms with Gasteiger partial charge in [0.25, 0.3) is 11.8 Å². The molecule has 0 unspecified atom stereocenters. The summed E-state index contributed by atoms with van der Waals surface area (Å²) in [7, 11) is 1.51. The van der Waals surface area contributed by atoms with Gasteiger partial charge >= 0.3 is 0 Å². The maximum atomic E-state index is 12.7. The van der Waals surface area contributed by atoms with Gasteiger partial charge < -0.3 is 19.5 Å². The standard InChI is InChI=1S/C30H24Br2ClN3O5/c1-39-27-15-21(7-12-26(27)40-17-19-5-3-2-4-6-19)30(38)36-34-16-20-13-24(31)29(25(32)14-20)41-18-28(37)35-23-10-8-22(33)9-11-23/h2-16H,17-18H2,1H3,(H,35,37)(H,36,38)/b34-16+. The number of hydrogen-bond donors (Lipinski definition) is 2. The summed E-state index contributed by atoms with van der Waals surface area (Å²) < 4.78 is 18.1. The summed E-state index contributed by atoms with van der Waals surface area (Å²) in [6.45, 7) is 0.168. The first-order valence-electron chi connectivity index (χ1n) is 12.2. The number of hydrogen-bond acceptors (Lipinski definition) is 6. The number of methoxy groups -OCH3 is 1. The Bertz CT molecular complexity index is 1530. The molecule has 2 N–H and O–H groups in total. The summed E-state index contributed by atoms with van der Waals surface area (Å²) >= 11 is 12.8. The molecule has 0 radical (unpaired) electrons. The molecule has 11 heteroatoms. The second-order valence-corrected chi connectivity index (χ2v) is 10.6. The molecule has 0 atom stereocenters. The fourth-order valence-electron chi connectivity index (χ4n) is 3.55. The van der Waals surface area contributed by atoms with E-state index in [2.05, 4.69) is 47.7 Å². The molecular formula is C30H24Br2ClN3O5. The van der Waals surface area contributed by atoms with Crippen LogP contribution in [0, 0.1) is 0 Å². The summed E-state index contributed by atoms with van der Waals surface area (Å²) in [6, 6.07) is 24.9. The van der Waals surface area contributed by atoms with Gasteiger partial charge in [-0.15, -0.1) is 0 Å². The lowest BCUT2D eigenvalue weighted by molar-refractivity contribution is -0.118. The molecular weight excluding hydrogens is 678 g/mol. The number of benzene rings is 4. The number of amides is 2. The van der Waals surface area contributed by atoms with Crippen molar-refractivity contribution >= 4 is 67.2 Å². The quantitative estimate of drug-likeness (QED) is 0.127. The molecule has 41 heavy (non-hydrogen) atoms.